The van der Waals surface area contributed by atoms with Crippen molar-refractivity contribution in [2.24, 2.45) is 7.05 Å². The number of ketones is 1. The minimum atomic E-state index is 0.202. The van der Waals surface area contributed by atoms with E-state index in [1.165, 1.54) is 0 Å². The molecule has 0 atom stereocenters. The van der Waals surface area contributed by atoms with E-state index in [0.717, 1.165) is 28.8 Å². The van der Waals surface area contributed by atoms with Crippen LogP contribution in [0, 0.1) is 6.92 Å². The molecule has 0 unspecified atom stereocenters. The van der Waals surface area contributed by atoms with E-state index in [9.17, 15) is 4.79 Å². The average Bonchev–Trinajstić information content (AvgIpc) is 2.55. The summed E-state index contributed by atoms with van der Waals surface area (Å²) in [5.74, 6) is 1.17. The molecule has 84 valence electrons. The SMILES string of the molecule is CCCC(=O)c1ccc2c(c1)nc(C)n2C. The quantitative estimate of drug-likeness (QED) is 0.739. The van der Waals surface area contributed by atoms with Crippen molar-refractivity contribution in [1.82, 2.24) is 9.55 Å². The summed E-state index contributed by atoms with van der Waals surface area (Å²) in [5.41, 5.74) is 2.75. The van der Waals surface area contributed by atoms with Gasteiger partial charge in [0.1, 0.15) is 5.82 Å². The van der Waals surface area contributed by atoms with Crippen molar-refractivity contribution in [2.45, 2.75) is 26.7 Å². The number of benzene rings is 1. The van der Waals surface area contributed by atoms with E-state index in [-0.39, 0.29) is 5.78 Å². The van der Waals surface area contributed by atoms with E-state index in [2.05, 4.69) is 4.98 Å². The number of aromatic nitrogens is 2. The second-order valence-electron chi connectivity index (χ2n) is 4.09. The third-order valence-electron chi connectivity index (χ3n) is 2.90. The molecule has 3 heteroatoms. The van der Waals surface area contributed by atoms with Gasteiger partial charge in [0, 0.05) is 19.0 Å². The average molecular weight is 216 g/mol. The molecule has 0 amide bonds. The molecule has 2 rings (SSSR count). The lowest BCUT2D eigenvalue weighted by Crippen LogP contribution is -1.97. The maximum absolute atomic E-state index is 11.7. The van der Waals surface area contributed by atoms with Crippen LogP contribution in [0.1, 0.15) is 35.9 Å². The van der Waals surface area contributed by atoms with Gasteiger partial charge < -0.3 is 4.57 Å². The number of rotatable bonds is 3. The smallest absolute Gasteiger partial charge is 0.162 e. The van der Waals surface area contributed by atoms with Crippen LogP contribution in [0.4, 0.5) is 0 Å². The summed E-state index contributed by atoms with van der Waals surface area (Å²) in [5, 5.41) is 0. The van der Waals surface area contributed by atoms with Gasteiger partial charge >= 0.3 is 0 Å². The van der Waals surface area contributed by atoms with Crippen LogP contribution in [0.25, 0.3) is 11.0 Å². The Hall–Kier alpha value is -1.64. The van der Waals surface area contributed by atoms with Crippen LogP contribution in [0.5, 0.6) is 0 Å². The van der Waals surface area contributed by atoms with Crippen molar-refractivity contribution in [1.29, 1.82) is 0 Å². The maximum atomic E-state index is 11.7. The van der Waals surface area contributed by atoms with E-state index in [1.807, 2.05) is 43.7 Å². The minimum Gasteiger partial charge on any atom is -0.331 e. The van der Waals surface area contributed by atoms with Crippen molar-refractivity contribution in [2.75, 3.05) is 0 Å². The predicted molar refractivity (Wildman–Crippen MR) is 64.7 cm³/mol. The highest BCUT2D eigenvalue weighted by Crippen LogP contribution is 2.17. The van der Waals surface area contributed by atoms with Gasteiger partial charge in [0.25, 0.3) is 0 Å². The summed E-state index contributed by atoms with van der Waals surface area (Å²) in [6.07, 6.45) is 1.50. The first-order chi connectivity index (χ1) is 7.63. The first-order valence-electron chi connectivity index (χ1n) is 5.59. The molecule has 0 aliphatic rings. The van der Waals surface area contributed by atoms with Gasteiger partial charge in [-0.15, -0.1) is 0 Å². The number of nitrogens with zero attached hydrogens (tertiary/aromatic N) is 2. The van der Waals surface area contributed by atoms with Gasteiger partial charge in [-0.25, -0.2) is 4.98 Å². The zero-order valence-electron chi connectivity index (χ0n) is 9.95. The third kappa shape index (κ3) is 1.73. The molecule has 3 nitrogen and oxygen atoms in total. The van der Waals surface area contributed by atoms with Crippen molar-refractivity contribution in [3.8, 4) is 0 Å². The summed E-state index contributed by atoms with van der Waals surface area (Å²) >= 11 is 0. The third-order valence-corrected chi connectivity index (χ3v) is 2.90. The molecule has 0 fully saturated rings. The van der Waals surface area contributed by atoms with Gasteiger partial charge in [0.15, 0.2) is 5.78 Å². The number of imidazole rings is 1. The maximum Gasteiger partial charge on any atom is 0.162 e. The van der Waals surface area contributed by atoms with E-state index < -0.39 is 0 Å². The zero-order chi connectivity index (χ0) is 11.7. The van der Waals surface area contributed by atoms with Crippen LogP contribution in [0.3, 0.4) is 0 Å². The lowest BCUT2D eigenvalue weighted by Gasteiger charge is -2.00. The van der Waals surface area contributed by atoms with Crippen molar-refractivity contribution >= 4 is 16.8 Å². The van der Waals surface area contributed by atoms with Crippen molar-refractivity contribution in [3.05, 3.63) is 29.6 Å². The Balaban J connectivity index is 2.48. The highest BCUT2D eigenvalue weighted by atomic mass is 16.1. The monoisotopic (exact) mass is 216 g/mol. The van der Waals surface area contributed by atoms with Crippen molar-refractivity contribution in [3.63, 3.8) is 0 Å². The lowest BCUT2D eigenvalue weighted by molar-refractivity contribution is 0.0982. The second kappa shape index (κ2) is 4.08. The Labute approximate surface area is 95.1 Å². The summed E-state index contributed by atoms with van der Waals surface area (Å²) in [7, 11) is 1.98. The number of hydrogen-bond acceptors (Lipinski definition) is 2. The highest BCUT2D eigenvalue weighted by molar-refractivity contribution is 5.98. The van der Waals surface area contributed by atoms with Gasteiger partial charge in [0.2, 0.25) is 0 Å². The first kappa shape index (κ1) is 10.9. The Morgan fingerprint density at radius 2 is 2.19 bits per heavy atom. The molecule has 0 radical (unpaired) electrons. The Kier molecular flexibility index (Phi) is 2.77. The van der Waals surface area contributed by atoms with Crippen LogP contribution >= 0.6 is 0 Å². The predicted octanol–water partition coefficient (Wildman–Crippen LogP) is 2.86. The van der Waals surface area contributed by atoms with Crippen LogP contribution in [-0.4, -0.2) is 15.3 Å². The Morgan fingerprint density at radius 1 is 1.44 bits per heavy atom. The highest BCUT2D eigenvalue weighted by Gasteiger charge is 2.08. The van der Waals surface area contributed by atoms with E-state index >= 15 is 0 Å². The summed E-state index contributed by atoms with van der Waals surface area (Å²) in [6, 6.07) is 5.75. The molecule has 0 saturated heterocycles. The molecule has 0 saturated carbocycles. The van der Waals surface area contributed by atoms with Gasteiger partial charge in [-0.3, -0.25) is 4.79 Å². The van der Waals surface area contributed by atoms with Crippen LogP contribution < -0.4 is 0 Å². The number of hydrogen-bond donors (Lipinski definition) is 0. The zero-order valence-corrected chi connectivity index (χ0v) is 9.95. The molecule has 16 heavy (non-hydrogen) atoms. The molecule has 0 spiro atoms. The van der Waals surface area contributed by atoms with Gasteiger partial charge in [-0.05, 0) is 31.5 Å². The summed E-state index contributed by atoms with van der Waals surface area (Å²) < 4.78 is 2.03. The normalized spacial score (nSPS) is 10.9. The van der Waals surface area contributed by atoms with Crippen LogP contribution in [-0.2, 0) is 7.05 Å². The molecular weight excluding hydrogens is 200 g/mol. The fraction of sp³-hybridized carbons (Fsp3) is 0.385. The Morgan fingerprint density at radius 3 is 2.88 bits per heavy atom. The number of aryl methyl sites for hydroxylation is 2. The van der Waals surface area contributed by atoms with E-state index in [4.69, 9.17) is 0 Å². The molecule has 0 bridgehead atoms. The van der Waals surface area contributed by atoms with Crippen LogP contribution in [0.15, 0.2) is 18.2 Å². The first-order valence-corrected chi connectivity index (χ1v) is 5.59. The number of fused-ring (bicyclic) bond motifs is 1. The van der Waals surface area contributed by atoms with Crippen molar-refractivity contribution < 1.29 is 4.79 Å². The molecule has 0 N–H and O–H groups in total. The standard InChI is InChI=1S/C13H16N2O/c1-4-5-13(16)10-6-7-12-11(8-10)14-9(2)15(12)3/h6-8H,4-5H2,1-3H3. The lowest BCUT2D eigenvalue weighted by atomic mass is 10.1. The second-order valence-corrected chi connectivity index (χ2v) is 4.09. The molecular formula is C13H16N2O. The fourth-order valence-corrected chi connectivity index (χ4v) is 1.87. The molecule has 2 aromatic rings. The van der Waals surface area contributed by atoms with Crippen LogP contribution in [0.2, 0.25) is 0 Å². The van der Waals surface area contributed by atoms with E-state index in [1.54, 1.807) is 0 Å². The number of carbonyl (C=O) groups excluding carboxylic acids is 1. The minimum absolute atomic E-state index is 0.202. The molecule has 1 aromatic heterocycles. The summed E-state index contributed by atoms with van der Waals surface area (Å²) in [6.45, 7) is 3.98. The van der Waals surface area contributed by atoms with Gasteiger partial charge in [-0.1, -0.05) is 6.92 Å². The number of carbonyl (C=O) groups is 1. The largest absolute Gasteiger partial charge is 0.331 e. The molecule has 0 aliphatic carbocycles. The fourth-order valence-electron chi connectivity index (χ4n) is 1.87. The topological polar surface area (TPSA) is 34.9 Å². The van der Waals surface area contributed by atoms with E-state index in [0.29, 0.717) is 6.42 Å². The van der Waals surface area contributed by atoms with Gasteiger partial charge in [-0.2, -0.15) is 0 Å². The van der Waals surface area contributed by atoms with Gasteiger partial charge in [0.05, 0.1) is 11.0 Å². The molecule has 0 aliphatic heterocycles. The number of Topliss-reactive ketones (excluding diaryl/α,β-unsaturated/α-hetero) is 1. The molecule has 1 heterocycles. The molecule has 1 aromatic carbocycles. The Bertz CT molecular complexity index is 540. The summed E-state index contributed by atoms with van der Waals surface area (Å²) in [4.78, 5) is 16.2.